The van der Waals surface area contributed by atoms with Crippen molar-refractivity contribution >= 4 is 15.9 Å². The number of hydrogen-bond donors (Lipinski definition) is 2. The summed E-state index contributed by atoms with van der Waals surface area (Å²) >= 11 is 3.44. The predicted octanol–water partition coefficient (Wildman–Crippen LogP) is 2.22. The van der Waals surface area contributed by atoms with Crippen molar-refractivity contribution in [2.45, 2.75) is 25.0 Å². The third-order valence-corrected chi connectivity index (χ3v) is 3.46. The van der Waals surface area contributed by atoms with Gasteiger partial charge in [-0.3, -0.25) is 0 Å². The van der Waals surface area contributed by atoms with E-state index < -0.39 is 6.10 Å². The molecule has 2 rings (SSSR count). The van der Waals surface area contributed by atoms with Crippen LogP contribution in [0.4, 0.5) is 0 Å². The molecule has 3 heteroatoms. The van der Waals surface area contributed by atoms with Gasteiger partial charge in [-0.1, -0.05) is 34.1 Å². The largest absolute Gasteiger partial charge is 0.391 e. The molecule has 0 saturated heterocycles. The summed E-state index contributed by atoms with van der Waals surface area (Å²) in [5, 5.41) is 9.89. The Bertz CT molecular complexity index is 325. The van der Waals surface area contributed by atoms with E-state index in [1.165, 1.54) is 0 Å². The summed E-state index contributed by atoms with van der Waals surface area (Å²) in [5.74, 6) is 0.414. The summed E-state index contributed by atoms with van der Waals surface area (Å²) in [6.07, 6.45) is 1.83. The van der Waals surface area contributed by atoms with Gasteiger partial charge in [0.2, 0.25) is 0 Å². The van der Waals surface area contributed by atoms with Gasteiger partial charge in [0.25, 0.3) is 0 Å². The lowest BCUT2D eigenvalue weighted by atomic mass is 9.99. The molecule has 0 spiro atoms. The highest BCUT2D eigenvalue weighted by Gasteiger charge is 2.34. The van der Waals surface area contributed by atoms with Crippen LogP contribution in [0, 0.1) is 5.92 Å². The van der Waals surface area contributed by atoms with E-state index >= 15 is 0 Å². The number of benzene rings is 1. The van der Waals surface area contributed by atoms with Crippen LogP contribution in [0.3, 0.4) is 0 Å². The van der Waals surface area contributed by atoms with E-state index in [0.29, 0.717) is 5.92 Å². The first-order valence-corrected chi connectivity index (χ1v) is 5.67. The number of aliphatic hydroxyl groups is 1. The average molecular weight is 256 g/mol. The zero-order valence-electron chi connectivity index (χ0n) is 7.86. The van der Waals surface area contributed by atoms with Gasteiger partial charge in [-0.05, 0) is 30.4 Å². The summed E-state index contributed by atoms with van der Waals surface area (Å²) in [5.41, 5.74) is 6.99. The second-order valence-electron chi connectivity index (χ2n) is 3.88. The van der Waals surface area contributed by atoms with Crippen LogP contribution in [0.1, 0.15) is 24.4 Å². The van der Waals surface area contributed by atoms with Gasteiger partial charge in [-0.2, -0.15) is 0 Å². The molecule has 0 radical (unpaired) electrons. The van der Waals surface area contributed by atoms with Crippen LogP contribution in [0.25, 0.3) is 0 Å². The third-order valence-electron chi connectivity index (χ3n) is 2.74. The Hall–Kier alpha value is -0.380. The first-order valence-electron chi connectivity index (χ1n) is 4.88. The van der Waals surface area contributed by atoms with Crippen LogP contribution in [0.5, 0.6) is 0 Å². The number of halogens is 1. The fourth-order valence-electron chi connectivity index (χ4n) is 1.66. The molecule has 0 bridgehead atoms. The highest BCUT2D eigenvalue weighted by atomic mass is 79.9. The highest BCUT2D eigenvalue weighted by Crippen LogP contribution is 2.38. The standard InChI is InChI=1S/C11H14BrNO/c12-9-4-2-1-3-8(9)10(13)11(14)7-5-6-7/h1-4,7,10-11,14H,5-6,13H2/t10-,11+/m0/s1. The maximum Gasteiger partial charge on any atom is 0.0761 e. The monoisotopic (exact) mass is 255 g/mol. The molecule has 76 valence electrons. The first kappa shape index (κ1) is 10.1. The molecule has 0 heterocycles. The Morgan fingerprint density at radius 1 is 1.36 bits per heavy atom. The SMILES string of the molecule is N[C@@H](c1ccccc1Br)[C@H](O)C1CC1. The zero-order valence-corrected chi connectivity index (χ0v) is 9.44. The topological polar surface area (TPSA) is 46.2 Å². The molecule has 1 fully saturated rings. The molecular formula is C11H14BrNO. The van der Waals surface area contributed by atoms with E-state index in [4.69, 9.17) is 5.73 Å². The molecule has 2 atom stereocenters. The van der Waals surface area contributed by atoms with Crippen molar-refractivity contribution in [1.29, 1.82) is 0 Å². The summed E-state index contributed by atoms with van der Waals surface area (Å²) in [7, 11) is 0. The van der Waals surface area contributed by atoms with Gasteiger partial charge in [0, 0.05) is 4.47 Å². The van der Waals surface area contributed by atoms with Crippen molar-refractivity contribution in [3.05, 3.63) is 34.3 Å². The lowest BCUT2D eigenvalue weighted by Crippen LogP contribution is -2.28. The highest BCUT2D eigenvalue weighted by molar-refractivity contribution is 9.10. The molecule has 1 aromatic carbocycles. The van der Waals surface area contributed by atoms with E-state index in [0.717, 1.165) is 22.9 Å². The second-order valence-corrected chi connectivity index (χ2v) is 4.73. The third kappa shape index (κ3) is 2.00. The molecule has 0 unspecified atom stereocenters. The van der Waals surface area contributed by atoms with E-state index in [9.17, 15) is 5.11 Å². The Morgan fingerprint density at radius 2 is 2.00 bits per heavy atom. The molecule has 1 aromatic rings. The van der Waals surface area contributed by atoms with Crippen molar-refractivity contribution in [2.24, 2.45) is 11.7 Å². The Kier molecular flexibility index (Phi) is 2.91. The van der Waals surface area contributed by atoms with Crippen LogP contribution in [0.15, 0.2) is 28.7 Å². The van der Waals surface area contributed by atoms with E-state index in [2.05, 4.69) is 15.9 Å². The van der Waals surface area contributed by atoms with Gasteiger partial charge in [0.15, 0.2) is 0 Å². The predicted molar refractivity (Wildman–Crippen MR) is 59.8 cm³/mol. The Labute approximate surface area is 92.3 Å². The van der Waals surface area contributed by atoms with E-state index in [-0.39, 0.29) is 6.04 Å². The average Bonchev–Trinajstić information content (AvgIpc) is 3.00. The first-order chi connectivity index (χ1) is 6.70. The normalized spacial score (nSPS) is 20.5. The second kappa shape index (κ2) is 4.01. The molecule has 3 N–H and O–H groups in total. The number of hydrogen-bond acceptors (Lipinski definition) is 2. The summed E-state index contributed by atoms with van der Waals surface area (Å²) < 4.78 is 0.979. The molecule has 1 aliphatic carbocycles. The van der Waals surface area contributed by atoms with Crippen LogP contribution >= 0.6 is 15.9 Å². The minimum atomic E-state index is -0.395. The van der Waals surface area contributed by atoms with Crippen LogP contribution in [-0.4, -0.2) is 11.2 Å². The fraction of sp³-hybridized carbons (Fsp3) is 0.455. The molecular weight excluding hydrogens is 242 g/mol. The lowest BCUT2D eigenvalue weighted by molar-refractivity contribution is 0.122. The number of rotatable bonds is 3. The minimum Gasteiger partial charge on any atom is -0.391 e. The number of nitrogens with two attached hydrogens (primary N) is 1. The Morgan fingerprint density at radius 3 is 2.57 bits per heavy atom. The molecule has 2 nitrogen and oxygen atoms in total. The molecule has 0 aromatic heterocycles. The van der Waals surface area contributed by atoms with E-state index in [1.54, 1.807) is 0 Å². The van der Waals surface area contributed by atoms with Gasteiger partial charge in [0.1, 0.15) is 0 Å². The zero-order chi connectivity index (χ0) is 10.1. The van der Waals surface area contributed by atoms with Gasteiger partial charge in [-0.15, -0.1) is 0 Å². The van der Waals surface area contributed by atoms with E-state index in [1.807, 2.05) is 24.3 Å². The minimum absolute atomic E-state index is 0.266. The number of aliphatic hydroxyl groups excluding tert-OH is 1. The molecule has 0 aliphatic heterocycles. The molecule has 0 amide bonds. The van der Waals surface area contributed by atoms with Crippen molar-refractivity contribution in [3.63, 3.8) is 0 Å². The smallest absolute Gasteiger partial charge is 0.0761 e. The van der Waals surface area contributed by atoms with Gasteiger partial charge in [-0.25, -0.2) is 0 Å². The molecule has 1 saturated carbocycles. The van der Waals surface area contributed by atoms with Crippen molar-refractivity contribution in [2.75, 3.05) is 0 Å². The maximum atomic E-state index is 9.89. The maximum absolute atomic E-state index is 9.89. The van der Waals surface area contributed by atoms with Crippen LogP contribution in [-0.2, 0) is 0 Å². The van der Waals surface area contributed by atoms with Gasteiger partial charge < -0.3 is 10.8 Å². The molecule has 14 heavy (non-hydrogen) atoms. The van der Waals surface area contributed by atoms with Crippen molar-refractivity contribution in [1.82, 2.24) is 0 Å². The Balaban J connectivity index is 2.17. The summed E-state index contributed by atoms with van der Waals surface area (Å²) in [6.45, 7) is 0. The van der Waals surface area contributed by atoms with Crippen molar-refractivity contribution in [3.8, 4) is 0 Å². The summed E-state index contributed by atoms with van der Waals surface area (Å²) in [6, 6.07) is 7.54. The lowest BCUT2D eigenvalue weighted by Gasteiger charge is -2.19. The van der Waals surface area contributed by atoms with Crippen LogP contribution < -0.4 is 5.73 Å². The van der Waals surface area contributed by atoms with Crippen LogP contribution in [0.2, 0.25) is 0 Å². The van der Waals surface area contributed by atoms with Gasteiger partial charge in [0.05, 0.1) is 12.1 Å². The fourth-order valence-corrected chi connectivity index (χ4v) is 2.21. The van der Waals surface area contributed by atoms with Gasteiger partial charge >= 0.3 is 0 Å². The molecule has 1 aliphatic rings. The van der Waals surface area contributed by atoms with Crippen molar-refractivity contribution < 1.29 is 5.11 Å². The summed E-state index contributed by atoms with van der Waals surface area (Å²) in [4.78, 5) is 0. The quantitative estimate of drug-likeness (QED) is 0.871.